The summed E-state index contributed by atoms with van der Waals surface area (Å²) in [6, 6.07) is 14.7. The summed E-state index contributed by atoms with van der Waals surface area (Å²) >= 11 is 0. The second-order valence-corrected chi connectivity index (χ2v) is 7.76. The Morgan fingerprint density at radius 2 is 1.79 bits per heavy atom. The van der Waals surface area contributed by atoms with Crippen LogP contribution in [0.4, 0.5) is 0 Å². The quantitative estimate of drug-likeness (QED) is 0.769. The topological polar surface area (TPSA) is 57.7 Å². The van der Waals surface area contributed by atoms with Crippen molar-refractivity contribution in [2.45, 2.75) is 26.2 Å². The van der Waals surface area contributed by atoms with Crippen molar-refractivity contribution in [3.05, 3.63) is 70.8 Å². The lowest BCUT2D eigenvalue weighted by atomic mass is 9.98. The number of hydrogen-bond acceptors (Lipinski definition) is 3. The summed E-state index contributed by atoms with van der Waals surface area (Å²) < 4.78 is 0. The smallest absolute Gasteiger partial charge is 0.261 e. The lowest BCUT2D eigenvalue weighted by Gasteiger charge is -2.31. The first-order chi connectivity index (χ1) is 13.5. The van der Waals surface area contributed by atoms with E-state index in [4.69, 9.17) is 0 Å². The number of benzene rings is 2. The average molecular weight is 376 g/mol. The Bertz CT molecular complexity index is 923. The molecule has 5 heteroatoms. The molecule has 28 heavy (non-hydrogen) atoms. The van der Waals surface area contributed by atoms with Gasteiger partial charge in [0.1, 0.15) is 0 Å². The van der Waals surface area contributed by atoms with Gasteiger partial charge in [-0.05, 0) is 48.9 Å². The molecule has 2 aliphatic rings. The maximum absolute atomic E-state index is 12.8. The van der Waals surface area contributed by atoms with Crippen LogP contribution in [-0.2, 0) is 6.42 Å². The number of amides is 3. The summed E-state index contributed by atoms with van der Waals surface area (Å²) in [4.78, 5) is 41.5. The van der Waals surface area contributed by atoms with Gasteiger partial charge in [0.25, 0.3) is 17.7 Å². The van der Waals surface area contributed by atoms with Gasteiger partial charge in [0.15, 0.2) is 0 Å². The summed E-state index contributed by atoms with van der Waals surface area (Å²) in [5.41, 5.74) is 2.30. The summed E-state index contributed by atoms with van der Waals surface area (Å²) in [6.07, 6.45) is 2.75. The van der Waals surface area contributed by atoms with Gasteiger partial charge in [-0.25, -0.2) is 0 Å². The molecule has 144 valence electrons. The van der Waals surface area contributed by atoms with Crippen molar-refractivity contribution in [3.63, 3.8) is 0 Å². The minimum atomic E-state index is -0.308. The van der Waals surface area contributed by atoms with E-state index in [9.17, 15) is 14.4 Å². The Hall–Kier alpha value is -2.95. The van der Waals surface area contributed by atoms with Gasteiger partial charge in [-0.15, -0.1) is 0 Å². The van der Waals surface area contributed by atoms with Gasteiger partial charge < -0.3 is 4.90 Å². The monoisotopic (exact) mass is 376 g/mol. The zero-order chi connectivity index (χ0) is 19.7. The average Bonchev–Trinajstić information content (AvgIpc) is 2.96. The number of hydrogen-bond donors (Lipinski definition) is 0. The van der Waals surface area contributed by atoms with Crippen LogP contribution >= 0.6 is 0 Å². The van der Waals surface area contributed by atoms with Gasteiger partial charge >= 0.3 is 0 Å². The SMILES string of the molecule is CC1CCCN(C(=O)c2ccc3c(c2)C(=O)N(CCc2ccccc2)C3=O)C1. The molecule has 2 heterocycles. The van der Waals surface area contributed by atoms with E-state index in [0.717, 1.165) is 31.5 Å². The molecule has 0 saturated carbocycles. The molecule has 1 atom stereocenters. The third kappa shape index (κ3) is 3.44. The van der Waals surface area contributed by atoms with Gasteiger partial charge in [0.2, 0.25) is 0 Å². The van der Waals surface area contributed by atoms with Gasteiger partial charge in [-0.2, -0.15) is 0 Å². The lowest BCUT2D eigenvalue weighted by molar-refractivity contribution is 0.0654. The third-order valence-electron chi connectivity index (χ3n) is 5.63. The minimum Gasteiger partial charge on any atom is -0.338 e. The molecule has 0 bridgehead atoms. The molecular formula is C23H24N2O3. The number of carbonyl (C=O) groups is 3. The fourth-order valence-corrected chi connectivity index (χ4v) is 4.07. The van der Waals surface area contributed by atoms with Crippen molar-refractivity contribution in [2.24, 2.45) is 5.92 Å². The number of carbonyl (C=O) groups excluding carboxylic acids is 3. The summed E-state index contributed by atoms with van der Waals surface area (Å²) in [5.74, 6) is -0.153. The molecule has 5 nitrogen and oxygen atoms in total. The molecule has 2 aromatic rings. The van der Waals surface area contributed by atoms with Crippen molar-refractivity contribution in [2.75, 3.05) is 19.6 Å². The highest BCUT2D eigenvalue weighted by atomic mass is 16.2. The van der Waals surface area contributed by atoms with Crippen LogP contribution in [0.1, 0.15) is 56.4 Å². The van der Waals surface area contributed by atoms with E-state index in [-0.39, 0.29) is 17.7 Å². The number of piperidine rings is 1. The molecule has 0 N–H and O–H groups in total. The van der Waals surface area contributed by atoms with E-state index < -0.39 is 0 Å². The molecule has 2 aromatic carbocycles. The molecular weight excluding hydrogens is 352 g/mol. The Balaban J connectivity index is 1.51. The van der Waals surface area contributed by atoms with Crippen molar-refractivity contribution in [1.82, 2.24) is 9.80 Å². The van der Waals surface area contributed by atoms with Crippen LogP contribution in [0, 0.1) is 5.92 Å². The molecule has 1 fully saturated rings. The summed E-state index contributed by atoms with van der Waals surface area (Å²) in [7, 11) is 0. The van der Waals surface area contributed by atoms with Gasteiger partial charge in [0.05, 0.1) is 11.1 Å². The molecule has 2 aliphatic heterocycles. The maximum Gasteiger partial charge on any atom is 0.261 e. The number of imide groups is 1. The molecule has 0 spiro atoms. The zero-order valence-electron chi connectivity index (χ0n) is 16.1. The number of nitrogens with zero attached hydrogens (tertiary/aromatic N) is 2. The Labute approximate surface area is 164 Å². The van der Waals surface area contributed by atoms with Gasteiger partial charge in [-0.1, -0.05) is 37.3 Å². The van der Waals surface area contributed by atoms with E-state index in [2.05, 4.69) is 6.92 Å². The third-order valence-corrected chi connectivity index (χ3v) is 5.63. The summed E-state index contributed by atoms with van der Waals surface area (Å²) in [5, 5.41) is 0. The largest absolute Gasteiger partial charge is 0.338 e. The van der Waals surface area contributed by atoms with E-state index in [0.29, 0.717) is 35.6 Å². The predicted octanol–water partition coefficient (Wildman–Crippen LogP) is 3.40. The first kappa shape index (κ1) is 18.4. The molecule has 0 aromatic heterocycles. The number of fused-ring (bicyclic) bond motifs is 1. The van der Waals surface area contributed by atoms with E-state index >= 15 is 0 Å². The standard InChI is InChI=1S/C23H24N2O3/c1-16-6-5-12-24(15-16)21(26)18-9-10-19-20(14-18)23(28)25(22(19)27)13-11-17-7-3-2-4-8-17/h2-4,7-10,14,16H,5-6,11-13,15H2,1H3. The Morgan fingerprint density at radius 3 is 2.54 bits per heavy atom. The first-order valence-electron chi connectivity index (χ1n) is 9.88. The van der Waals surface area contributed by atoms with Gasteiger partial charge in [0, 0.05) is 25.2 Å². The normalized spacial score (nSPS) is 19.1. The molecule has 1 saturated heterocycles. The fourth-order valence-electron chi connectivity index (χ4n) is 4.07. The van der Waals surface area contributed by atoms with Crippen LogP contribution < -0.4 is 0 Å². The van der Waals surface area contributed by atoms with E-state index in [1.54, 1.807) is 18.2 Å². The minimum absolute atomic E-state index is 0.0580. The highest BCUT2D eigenvalue weighted by Gasteiger charge is 2.36. The van der Waals surface area contributed by atoms with Crippen LogP contribution in [0.5, 0.6) is 0 Å². The highest BCUT2D eigenvalue weighted by Crippen LogP contribution is 2.26. The second-order valence-electron chi connectivity index (χ2n) is 7.76. The molecule has 4 rings (SSSR count). The number of likely N-dealkylation sites (tertiary alicyclic amines) is 1. The van der Waals surface area contributed by atoms with Crippen LogP contribution in [0.3, 0.4) is 0 Å². The second kappa shape index (κ2) is 7.58. The maximum atomic E-state index is 12.8. The van der Waals surface area contributed by atoms with Crippen molar-refractivity contribution >= 4 is 17.7 Å². The number of rotatable bonds is 4. The van der Waals surface area contributed by atoms with Crippen LogP contribution in [0.2, 0.25) is 0 Å². The van der Waals surface area contributed by atoms with E-state index in [1.807, 2.05) is 35.2 Å². The predicted molar refractivity (Wildman–Crippen MR) is 106 cm³/mol. The Kier molecular flexibility index (Phi) is 4.99. The van der Waals surface area contributed by atoms with E-state index in [1.165, 1.54) is 4.90 Å². The summed E-state index contributed by atoms with van der Waals surface area (Å²) in [6.45, 7) is 3.97. The first-order valence-corrected chi connectivity index (χ1v) is 9.88. The zero-order valence-corrected chi connectivity index (χ0v) is 16.1. The molecule has 0 aliphatic carbocycles. The van der Waals surface area contributed by atoms with Crippen molar-refractivity contribution in [1.29, 1.82) is 0 Å². The van der Waals surface area contributed by atoms with Crippen molar-refractivity contribution < 1.29 is 14.4 Å². The molecule has 3 amide bonds. The highest BCUT2D eigenvalue weighted by molar-refractivity contribution is 6.22. The van der Waals surface area contributed by atoms with Crippen molar-refractivity contribution in [3.8, 4) is 0 Å². The Morgan fingerprint density at radius 1 is 1.04 bits per heavy atom. The van der Waals surface area contributed by atoms with Crippen LogP contribution in [0.25, 0.3) is 0 Å². The van der Waals surface area contributed by atoms with Gasteiger partial charge in [-0.3, -0.25) is 19.3 Å². The van der Waals surface area contributed by atoms with Crippen LogP contribution in [-0.4, -0.2) is 47.2 Å². The fraction of sp³-hybridized carbons (Fsp3) is 0.348. The lowest BCUT2D eigenvalue weighted by Crippen LogP contribution is -2.39. The van der Waals surface area contributed by atoms with Crippen LogP contribution in [0.15, 0.2) is 48.5 Å². The molecule has 1 unspecified atom stereocenters. The molecule has 0 radical (unpaired) electrons.